The van der Waals surface area contributed by atoms with Crippen LogP contribution >= 0.6 is 0 Å². The van der Waals surface area contributed by atoms with Crippen molar-refractivity contribution in [1.82, 2.24) is 9.78 Å². The van der Waals surface area contributed by atoms with Crippen LogP contribution in [0.4, 0.5) is 0 Å². The number of aromatic carboxylic acids is 1. The zero-order valence-corrected chi connectivity index (χ0v) is 9.03. The first kappa shape index (κ1) is 10.8. The predicted molar refractivity (Wildman–Crippen MR) is 53.7 cm³/mol. The van der Waals surface area contributed by atoms with Gasteiger partial charge >= 0.3 is 5.97 Å². The summed E-state index contributed by atoms with van der Waals surface area (Å²) >= 11 is 0. The van der Waals surface area contributed by atoms with Crippen LogP contribution < -0.4 is 0 Å². The molecule has 0 spiro atoms. The maximum absolute atomic E-state index is 11.1. The van der Waals surface area contributed by atoms with Crippen LogP contribution in [0.25, 0.3) is 0 Å². The van der Waals surface area contributed by atoms with E-state index in [-0.39, 0.29) is 5.92 Å². The van der Waals surface area contributed by atoms with E-state index in [1.54, 1.807) is 4.68 Å². The van der Waals surface area contributed by atoms with Crippen LogP contribution in [-0.4, -0.2) is 20.9 Å². The lowest BCUT2D eigenvalue weighted by atomic mass is 10.0. The van der Waals surface area contributed by atoms with Crippen molar-refractivity contribution < 1.29 is 9.90 Å². The number of aryl methyl sites for hydroxylation is 2. The average Bonchev–Trinajstić information content (AvgIpc) is 2.41. The highest BCUT2D eigenvalue weighted by Gasteiger charge is 2.21. The van der Waals surface area contributed by atoms with E-state index in [9.17, 15) is 4.79 Å². The Balaban J connectivity index is 3.39. The molecule has 78 valence electrons. The first-order chi connectivity index (χ1) is 6.49. The Hall–Kier alpha value is -1.32. The fraction of sp³-hybridized carbons (Fsp3) is 0.600. The molecule has 0 aliphatic rings. The molecule has 0 amide bonds. The topological polar surface area (TPSA) is 55.1 Å². The summed E-state index contributed by atoms with van der Waals surface area (Å²) in [4.78, 5) is 11.1. The van der Waals surface area contributed by atoms with Crippen LogP contribution in [0.3, 0.4) is 0 Å². The molecule has 0 bridgehead atoms. The van der Waals surface area contributed by atoms with Crippen LogP contribution in [0.15, 0.2) is 0 Å². The van der Waals surface area contributed by atoms with Gasteiger partial charge in [0.1, 0.15) is 5.69 Å². The van der Waals surface area contributed by atoms with E-state index in [1.165, 1.54) is 0 Å². The monoisotopic (exact) mass is 196 g/mol. The maximum Gasteiger partial charge on any atom is 0.354 e. The van der Waals surface area contributed by atoms with Crippen molar-refractivity contribution >= 4 is 5.97 Å². The van der Waals surface area contributed by atoms with Gasteiger partial charge in [-0.25, -0.2) is 4.79 Å². The molecule has 0 unspecified atom stereocenters. The molecule has 0 aromatic carbocycles. The Morgan fingerprint density at radius 3 is 2.50 bits per heavy atom. The second-order valence-electron chi connectivity index (χ2n) is 3.62. The lowest BCUT2D eigenvalue weighted by Crippen LogP contribution is -2.11. The van der Waals surface area contributed by atoms with E-state index < -0.39 is 5.97 Å². The lowest BCUT2D eigenvalue weighted by molar-refractivity contribution is 0.0681. The normalized spacial score (nSPS) is 10.9. The number of carbonyl (C=O) groups is 1. The van der Waals surface area contributed by atoms with Gasteiger partial charge in [-0.3, -0.25) is 4.68 Å². The minimum absolute atomic E-state index is 0.196. The maximum atomic E-state index is 11.1. The highest BCUT2D eigenvalue weighted by molar-refractivity contribution is 5.88. The van der Waals surface area contributed by atoms with E-state index in [0.717, 1.165) is 11.3 Å². The smallest absolute Gasteiger partial charge is 0.354 e. The number of hydrogen-bond donors (Lipinski definition) is 1. The first-order valence-corrected chi connectivity index (χ1v) is 4.79. The van der Waals surface area contributed by atoms with Gasteiger partial charge in [0.15, 0.2) is 0 Å². The van der Waals surface area contributed by atoms with Gasteiger partial charge in [0.2, 0.25) is 0 Å². The van der Waals surface area contributed by atoms with Gasteiger partial charge in [-0.05, 0) is 19.8 Å². The molecule has 0 saturated carbocycles. The van der Waals surface area contributed by atoms with Crippen molar-refractivity contribution in [2.24, 2.45) is 0 Å². The number of hydrogen-bond acceptors (Lipinski definition) is 2. The zero-order valence-electron chi connectivity index (χ0n) is 9.03. The van der Waals surface area contributed by atoms with E-state index in [1.807, 2.05) is 27.7 Å². The van der Waals surface area contributed by atoms with Crippen LogP contribution in [0.1, 0.15) is 48.4 Å². The van der Waals surface area contributed by atoms with Crippen molar-refractivity contribution in [3.05, 3.63) is 17.0 Å². The van der Waals surface area contributed by atoms with Crippen molar-refractivity contribution in [2.75, 3.05) is 0 Å². The summed E-state index contributed by atoms with van der Waals surface area (Å²) in [6.45, 7) is 8.30. The van der Waals surface area contributed by atoms with Gasteiger partial charge in [-0.15, -0.1) is 0 Å². The third kappa shape index (κ3) is 1.64. The molecule has 1 aromatic rings. The molecule has 0 fully saturated rings. The summed E-state index contributed by atoms with van der Waals surface area (Å²) in [6, 6.07) is 0. The number of carboxylic acids is 1. The highest BCUT2D eigenvalue weighted by Crippen LogP contribution is 2.23. The summed E-state index contributed by atoms with van der Waals surface area (Å²) in [5, 5.41) is 13.3. The Morgan fingerprint density at radius 1 is 1.57 bits per heavy atom. The molecule has 0 saturated heterocycles. The van der Waals surface area contributed by atoms with Crippen LogP contribution in [0, 0.1) is 6.92 Å². The molecule has 0 aliphatic heterocycles. The molecule has 1 rings (SSSR count). The third-order valence-electron chi connectivity index (χ3n) is 2.25. The van der Waals surface area contributed by atoms with E-state index in [0.29, 0.717) is 12.2 Å². The molecular formula is C10H16N2O2. The largest absolute Gasteiger partial charge is 0.477 e. The molecule has 0 atom stereocenters. The van der Waals surface area contributed by atoms with E-state index in [2.05, 4.69) is 5.10 Å². The quantitative estimate of drug-likeness (QED) is 0.804. The van der Waals surface area contributed by atoms with Gasteiger partial charge in [-0.2, -0.15) is 5.10 Å². The Labute approximate surface area is 83.5 Å². The second-order valence-corrected chi connectivity index (χ2v) is 3.62. The second kappa shape index (κ2) is 3.82. The Kier molecular flexibility index (Phi) is 2.93. The van der Waals surface area contributed by atoms with Crippen LogP contribution in [0.2, 0.25) is 0 Å². The average molecular weight is 196 g/mol. The highest BCUT2D eigenvalue weighted by atomic mass is 16.4. The Bertz CT molecular complexity index is 353. The summed E-state index contributed by atoms with van der Waals surface area (Å²) in [6.07, 6.45) is 0. The minimum atomic E-state index is -0.892. The third-order valence-corrected chi connectivity index (χ3v) is 2.25. The number of nitrogens with zero attached hydrogens (tertiary/aromatic N) is 2. The SMILES string of the molecule is CCn1nc(C)c(C(C)C)c1C(=O)O. The lowest BCUT2D eigenvalue weighted by Gasteiger charge is -2.06. The summed E-state index contributed by atoms with van der Waals surface area (Å²) in [5.74, 6) is -0.697. The molecule has 14 heavy (non-hydrogen) atoms. The number of carboxylic acid groups (broad SMARTS) is 1. The van der Waals surface area contributed by atoms with Gasteiger partial charge in [0, 0.05) is 12.1 Å². The fourth-order valence-electron chi connectivity index (χ4n) is 1.74. The molecule has 4 nitrogen and oxygen atoms in total. The van der Waals surface area contributed by atoms with Crippen LogP contribution in [0.5, 0.6) is 0 Å². The van der Waals surface area contributed by atoms with Crippen molar-refractivity contribution in [3.8, 4) is 0 Å². The summed E-state index contributed by atoms with van der Waals surface area (Å²) < 4.78 is 1.55. The van der Waals surface area contributed by atoms with Crippen molar-refractivity contribution in [2.45, 2.75) is 40.2 Å². The molecule has 4 heteroatoms. The van der Waals surface area contributed by atoms with Crippen molar-refractivity contribution in [1.29, 1.82) is 0 Å². The van der Waals surface area contributed by atoms with Crippen LogP contribution in [-0.2, 0) is 6.54 Å². The molecule has 0 radical (unpaired) electrons. The standard InChI is InChI=1S/C10H16N2O2/c1-5-12-9(10(13)14)8(6(2)3)7(4)11-12/h6H,5H2,1-4H3,(H,13,14). The van der Waals surface area contributed by atoms with Gasteiger partial charge in [0.25, 0.3) is 0 Å². The van der Waals surface area contributed by atoms with E-state index >= 15 is 0 Å². The zero-order chi connectivity index (χ0) is 10.9. The minimum Gasteiger partial charge on any atom is -0.477 e. The first-order valence-electron chi connectivity index (χ1n) is 4.79. The number of rotatable bonds is 3. The predicted octanol–water partition coefficient (Wildman–Crippen LogP) is 2.03. The molecule has 1 heterocycles. The fourth-order valence-corrected chi connectivity index (χ4v) is 1.74. The molecule has 1 N–H and O–H groups in total. The Morgan fingerprint density at radius 2 is 2.14 bits per heavy atom. The van der Waals surface area contributed by atoms with E-state index in [4.69, 9.17) is 5.11 Å². The summed E-state index contributed by atoms with van der Waals surface area (Å²) in [5.41, 5.74) is 2.00. The molecule has 1 aromatic heterocycles. The van der Waals surface area contributed by atoms with Gasteiger partial charge in [-0.1, -0.05) is 13.8 Å². The van der Waals surface area contributed by atoms with Gasteiger partial charge in [0.05, 0.1) is 5.69 Å². The molecular weight excluding hydrogens is 180 g/mol. The number of aromatic nitrogens is 2. The van der Waals surface area contributed by atoms with Crippen molar-refractivity contribution in [3.63, 3.8) is 0 Å². The molecule has 0 aliphatic carbocycles. The summed E-state index contributed by atoms with van der Waals surface area (Å²) in [7, 11) is 0. The van der Waals surface area contributed by atoms with Gasteiger partial charge < -0.3 is 5.11 Å².